The first-order chi connectivity index (χ1) is 11.2. The van der Waals surface area contributed by atoms with Crippen molar-refractivity contribution in [3.8, 4) is 0 Å². The average Bonchev–Trinajstić information content (AvgIpc) is 2.59. The van der Waals surface area contributed by atoms with Gasteiger partial charge in [-0.05, 0) is 18.1 Å². The molecule has 1 aliphatic heterocycles. The maximum atomic E-state index is 12.0. The summed E-state index contributed by atoms with van der Waals surface area (Å²) in [6, 6.07) is 9.81. The molecule has 1 aliphatic rings. The van der Waals surface area contributed by atoms with E-state index in [4.69, 9.17) is 4.74 Å². The van der Waals surface area contributed by atoms with Gasteiger partial charge in [-0.15, -0.1) is 0 Å². The first kappa shape index (κ1) is 17.0. The molecule has 0 bridgehead atoms. The topological polar surface area (TPSA) is 70.7 Å². The average molecular weight is 317 g/mol. The molecule has 0 aromatic heterocycles. The molecular formula is C17H23N3O3. The molecule has 124 valence electrons. The van der Waals surface area contributed by atoms with Crippen molar-refractivity contribution in [2.45, 2.75) is 19.3 Å². The molecule has 0 unspecified atom stereocenters. The highest BCUT2D eigenvalue weighted by Crippen LogP contribution is 2.16. The Morgan fingerprint density at radius 1 is 1.35 bits per heavy atom. The molecule has 1 heterocycles. The quantitative estimate of drug-likeness (QED) is 0.709. The van der Waals surface area contributed by atoms with E-state index in [1.165, 1.54) is 5.01 Å². The summed E-state index contributed by atoms with van der Waals surface area (Å²) in [5, 5.41) is 4.33. The van der Waals surface area contributed by atoms with Gasteiger partial charge >= 0.3 is 0 Å². The van der Waals surface area contributed by atoms with Crippen molar-refractivity contribution in [1.82, 2.24) is 15.8 Å². The van der Waals surface area contributed by atoms with Crippen LogP contribution in [0.1, 0.15) is 24.8 Å². The van der Waals surface area contributed by atoms with Crippen LogP contribution in [0.25, 0.3) is 5.70 Å². The number of nitrogens with one attached hydrogen (secondary N) is 2. The largest absolute Gasteiger partial charge is 0.385 e. The second-order valence-electron chi connectivity index (χ2n) is 5.29. The molecule has 2 amide bonds. The number of rotatable bonds is 8. The highest BCUT2D eigenvalue weighted by Gasteiger charge is 2.20. The van der Waals surface area contributed by atoms with Crippen molar-refractivity contribution < 1.29 is 14.3 Å². The van der Waals surface area contributed by atoms with E-state index in [-0.39, 0.29) is 18.2 Å². The van der Waals surface area contributed by atoms with E-state index < -0.39 is 0 Å². The van der Waals surface area contributed by atoms with Gasteiger partial charge in [-0.3, -0.25) is 20.0 Å². The molecule has 23 heavy (non-hydrogen) atoms. The second kappa shape index (κ2) is 8.95. The molecule has 0 aliphatic carbocycles. The molecule has 2 N–H and O–H groups in total. The predicted molar refractivity (Wildman–Crippen MR) is 88.0 cm³/mol. The first-order valence-electron chi connectivity index (χ1n) is 7.79. The van der Waals surface area contributed by atoms with E-state index in [1.54, 1.807) is 7.11 Å². The maximum absolute atomic E-state index is 12.0. The van der Waals surface area contributed by atoms with E-state index >= 15 is 0 Å². The number of hydrogen-bond acceptors (Lipinski definition) is 4. The maximum Gasteiger partial charge on any atom is 0.244 e. The lowest BCUT2D eigenvalue weighted by Crippen LogP contribution is -2.45. The monoisotopic (exact) mass is 317 g/mol. The number of amides is 2. The molecule has 0 spiro atoms. The minimum atomic E-state index is -0.0634. The molecule has 1 aromatic carbocycles. The van der Waals surface area contributed by atoms with Gasteiger partial charge < -0.3 is 10.1 Å². The van der Waals surface area contributed by atoms with E-state index in [2.05, 4.69) is 10.7 Å². The number of carbonyl (C=O) groups excluding carboxylic acids is 2. The molecule has 6 heteroatoms. The highest BCUT2D eigenvalue weighted by atomic mass is 16.5. The number of carbonyl (C=O) groups is 2. The fourth-order valence-corrected chi connectivity index (χ4v) is 2.28. The van der Waals surface area contributed by atoms with Crippen LogP contribution in [0.2, 0.25) is 0 Å². The second-order valence-corrected chi connectivity index (χ2v) is 5.29. The molecule has 0 fully saturated rings. The van der Waals surface area contributed by atoms with Crippen molar-refractivity contribution in [3.05, 3.63) is 42.0 Å². The lowest BCUT2D eigenvalue weighted by Gasteiger charge is -2.29. The van der Waals surface area contributed by atoms with Crippen LogP contribution in [0.3, 0.4) is 0 Å². The number of ether oxygens (including phenoxy) is 1. The van der Waals surface area contributed by atoms with Gasteiger partial charge in [0.25, 0.3) is 0 Å². The van der Waals surface area contributed by atoms with Gasteiger partial charge in [0.1, 0.15) is 0 Å². The predicted octanol–water partition coefficient (Wildman–Crippen LogP) is 1.31. The molecule has 0 atom stereocenters. The summed E-state index contributed by atoms with van der Waals surface area (Å²) >= 11 is 0. The first-order valence-corrected chi connectivity index (χ1v) is 7.79. The Morgan fingerprint density at radius 3 is 2.87 bits per heavy atom. The Hall–Kier alpha value is -2.34. The fraction of sp³-hybridized carbons (Fsp3) is 0.412. The Labute approximate surface area is 136 Å². The van der Waals surface area contributed by atoms with Crippen LogP contribution in [-0.2, 0) is 14.3 Å². The summed E-state index contributed by atoms with van der Waals surface area (Å²) in [4.78, 5) is 23.7. The third-order valence-electron chi connectivity index (χ3n) is 3.53. The number of methoxy groups -OCH3 is 1. The fourth-order valence-electron chi connectivity index (χ4n) is 2.28. The van der Waals surface area contributed by atoms with Crippen LogP contribution in [-0.4, -0.2) is 43.6 Å². The van der Waals surface area contributed by atoms with Crippen molar-refractivity contribution in [3.63, 3.8) is 0 Å². The standard InChI is InChI=1S/C17H23N3O3/c1-23-13-5-11-18-16(21)10-12-20-17(22)9-8-15(19-20)14-6-3-2-4-7-14/h2-4,6-8,19H,5,9-13H2,1H3,(H,18,21). The molecule has 2 rings (SSSR count). The lowest BCUT2D eigenvalue weighted by atomic mass is 10.1. The molecule has 0 saturated carbocycles. The van der Waals surface area contributed by atoms with Crippen LogP contribution < -0.4 is 10.7 Å². The summed E-state index contributed by atoms with van der Waals surface area (Å²) in [5.41, 5.74) is 5.01. The van der Waals surface area contributed by atoms with Crippen LogP contribution in [0, 0.1) is 0 Å². The number of nitrogens with zero attached hydrogens (tertiary/aromatic N) is 1. The third-order valence-corrected chi connectivity index (χ3v) is 3.53. The Bertz CT molecular complexity index is 557. The van der Waals surface area contributed by atoms with Crippen molar-refractivity contribution >= 4 is 17.5 Å². The van der Waals surface area contributed by atoms with Gasteiger partial charge in [-0.2, -0.15) is 0 Å². The van der Waals surface area contributed by atoms with E-state index in [0.717, 1.165) is 17.7 Å². The highest BCUT2D eigenvalue weighted by molar-refractivity contribution is 5.84. The van der Waals surface area contributed by atoms with E-state index in [9.17, 15) is 9.59 Å². The SMILES string of the molecule is COCCCNC(=O)CCN1NC(c2ccccc2)=CCC1=O. The molecular weight excluding hydrogens is 294 g/mol. The molecule has 6 nitrogen and oxygen atoms in total. The van der Waals surface area contributed by atoms with Crippen molar-refractivity contribution in [2.24, 2.45) is 0 Å². The van der Waals surface area contributed by atoms with Gasteiger partial charge in [0.05, 0.1) is 12.2 Å². The van der Waals surface area contributed by atoms with Crippen molar-refractivity contribution in [2.75, 3.05) is 26.8 Å². The van der Waals surface area contributed by atoms with Crippen LogP contribution in [0.5, 0.6) is 0 Å². The summed E-state index contributed by atoms with van der Waals surface area (Å²) < 4.78 is 4.93. The van der Waals surface area contributed by atoms with Gasteiger partial charge in [-0.1, -0.05) is 30.3 Å². The molecule has 0 radical (unpaired) electrons. The van der Waals surface area contributed by atoms with Gasteiger partial charge in [0, 0.05) is 33.1 Å². The van der Waals surface area contributed by atoms with E-state index in [0.29, 0.717) is 26.1 Å². The van der Waals surface area contributed by atoms with Crippen LogP contribution in [0.15, 0.2) is 36.4 Å². The van der Waals surface area contributed by atoms with E-state index in [1.807, 2.05) is 36.4 Å². The smallest absolute Gasteiger partial charge is 0.244 e. The van der Waals surface area contributed by atoms with Crippen LogP contribution >= 0.6 is 0 Å². The summed E-state index contributed by atoms with van der Waals surface area (Å²) in [6.45, 7) is 1.56. The number of hydrogen-bond donors (Lipinski definition) is 2. The Morgan fingerprint density at radius 2 is 2.13 bits per heavy atom. The summed E-state index contributed by atoms with van der Waals surface area (Å²) in [7, 11) is 1.63. The third kappa shape index (κ3) is 5.41. The minimum absolute atomic E-state index is 0.0307. The Balaban J connectivity index is 1.80. The van der Waals surface area contributed by atoms with Gasteiger partial charge in [0.15, 0.2) is 0 Å². The number of benzene rings is 1. The molecule has 1 aromatic rings. The van der Waals surface area contributed by atoms with Crippen molar-refractivity contribution in [1.29, 1.82) is 0 Å². The summed E-state index contributed by atoms with van der Waals surface area (Å²) in [6.07, 6.45) is 3.27. The van der Waals surface area contributed by atoms with Crippen LogP contribution in [0.4, 0.5) is 0 Å². The summed E-state index contributed by atoms with van der Waals surface area (Å²) in [5.74, 6) is -0.0941. The normalized spacial score (nSPS) is 14.2. The zero-order valence-corrected chi connectivity index (χ0v) is 13.4. The lowest BCUT2D eigenvalue weighted by molar-refractivity contribution is -0.133. The number of hydrazine groups is 1. The zero-order chi connectivity index (χ0) is 16.5. The molecule has 0 saturated heterocycles. The Kier molecular flexibility index (Phi) is 6.62. The minimum Gasteiger partial charge on any atom is -0.385 e. The van der Waals surface area contributed by atoms with Gasteiger partial charge in [-0.25, -0.2) is 0 Å². The zero-order valence-electron chi connectivity index (χ0n) is 13.4. The van der Waals surface area contributed by atoms with Gasteiger partial charge in [0.2, 0.25) is 11.8 Å².